The third-order valence-corrected chi connectivity index (χ3v) is 12.4. The first kappa shape index (κ1) is 35.9. The molecule has 2 saturated heterocycles. The lowest BCUT2D eigenvalue weighted by Crippen LogP contribution is -2.44. The molecule has 296 valence electrons. The fourth-order valence-corrected chi connectivity index (χ4v) is 9.08. The van der Waals surface area contributed by atoms with Crippen LogP contribution in [0.2, 0.25) is 0 Å². The van der Waals surface area contributed by atoms with Gasteiger partial charge in [-0.3, -0.25) is 33.8 Å². The zero-order valence-corrected chi connectivity index (χ0v) is 32.6. The van der Waals surface area contributed by atoms with Crippen LogP contribution >= 0.6 is 0 Å². The molecule has 0 bridgehead atoms. The first-order valence-electron chi connectivity index (χ1n) is 20.3. The predicted molar refractivity (Wildman–Crippen MR) is 221 cm³/mol. The standard InChI is InChI=1S/C43H45N11O4/c1-44-32-23-38(49-54-37(24-46-40(32)54)42(57)47-27-6-7-27)52-19-15-30-29(4-3-5-33(30)52)31-21-26(12-16-45-31)20-25-13-17-51(18-14-25)28-8-9-34-36(22-28)50(2)43(58)53(34)35-10-11-39(55)48-41(35)56/h3-5,8-9,12,16,21-25,27,35,44H,6-7,10-11,13-15,17-20H2,1-2H3,(H,47,57)(H,48,55,56). The summed E-state index contributed by atoms with van der Waals surface area (Å²) in [6.45, 7) is 2.55. The average Bonchev–Trinajstić information content (AvgIpc) is 3.67. The molecule has 58 heavy (non-hydrogen) atoms. The highest BCUT2D eigenvalue weighted by molar-refractivity contribution is 6.00. The SMILES string of the molecule is CNc1cc(N2CCc3c(-c4cc(CC5CCN(c6ccc7c(c6)n(C)c(=O)n7C6CCC(=O)NC6=O)CC5)ccn4)cccc32)nn2c(C(=O)NC3CC3)cnc12. The summed E-state index contributed by atoms with van der Waals surface area (Å²) in [6.07, 6.45) is 9.94. The van der Waals surface area contributed by atoms with Gasteiger partial charge in [-0.15, -0.1) is 5.10 Å². The number of pyridine rings is 1. The van der Waals surface area contributed by atoms with Crippen LogP contribution in [0, 0.1) is 5.92 Å². The molecule has 15 nitrogen and oxygen atoms in total. The highest BCUT2D eigenvalue weighted by Crippen LogP contribution is 2.40. The Hall–Kier alpha value is -6.51. The van der Waals surface area contributed by atoms with Crippen molar-refractivity contribution in [2.75, 3.05) is 41.8 Å². The van der Waals surface area contributed by atoms with E-state index in [1.54, 1.807) is 22.3 Å². The number of nitrogens with one attached hydrogen (secondary N) is 3. The number of rotatable bonds is 9. The van der Waals surface area contributed by atoms with Crippen molar-refractivity contribution in [2.45, 2.75) is 63.5 Å². The molecule has 3 N–H and O–H groups in total. The molecule has 0 spiro atoms. The van der Waals surface area contributed by atoms with E-state index < -0.39 is 11.9 Å². The molecule has 15 heteroatoms. The molecule has 3 fully saturated rings. The number of amides is 3. The number of imidazole rings is 2. The van der Waals surface area contributed by atoms with E-state index in [-0.39, 0.29) is 30.0 Å². The molecule has 1 unspecified atom stereocenters. The highest BCUT2D eigenvalue weighted by atomic mass is 16.2. The summed E-state index contributed by atoms with van der Waals surface area (Å²) in [7, 11) is 3.59. The van der Waals surface area contributed by atoms with Crippen molar-refractivity contribution >= 4 is 57.3 Å². The van der Waals surface area contributed by atoms with Gasteiger partial charge in [0.2, 0.25) is 11.8 Å². The summed E-state index contributed by atoms with van der Waals surface area (Å²) in [5.41, 5.74) is 9.77. The topological polar surface area (TPSA) is 164 Å². The average molecular weight is 780 g/mol. The van der Waals surface area contributed by atoms with E-state index >= 15 is 0 Å². The Morgan fingerprint density at radius 2 is 1.76 bits per heavy atom. The van der Waals surface area contributed by atoms with E-state index in [4.69, 9.17) is 10.1 Å². The van der Waals surface area contributed by atoms with Gasteiger partial charge in [-0.05, 0) is 98.4 Å². The molecule has 10 rings (SSSR count). The first-order chi connectivity index (χ1) is 28.2. The van der Waals surface area contributed by atoms with Crippen molar-refractivity contribution < 1.29 is 14.4 Å². The minimum Gasteiger partial charge on any atom is -0.385 e. The van der Waals surface area contributed by atoms with Gasteiger partial charge >= 0.3 is 5.69 Å². The summed E-state index contributed by atoms with van der Waals surface area (Å²) < 4.78 is 4.78. The largest absolute Gasteiger partial charge is 0.385 e. The maximum Gasteiger partial charge on any atom is 0.329 e. The van der Waals surface area contributed by atoms with Crippen LogP contribution in [-0.2, 0) is 29.5 Å². The molecule has 1 saturated carbocycles. The zero-order chi connectivity index (χ0) is 39.7. The number of hydrogen-bond acceptors (Lipinski definition) is 10. The van der Waals surface area contributed by atoms with E-state index in [0.29, 0.717) is 29.2 Å². The van der Waals surface area contributed by atoms with Crippen LogP contribution in [0.4, 0.5) is 22.9 Å². The Morgan fingerprint density at radius 3 is 2.55 bits per heavy atom. The van der Waals surface area contributed by atoms with Crippen molar-refractivity contribution in [3.05, 3.63) is 94.3 Å². The molecule has 4 aliphatic rings. The van der Waals surface area contributed by atoms with Crippen LogP contribution in [0.5, 0.6) is 0 Å². The number of aromatic nitrogens is 6. The number of carbonyl (C=O) groups is 3. The number of imide groups is 1. The van der Waals surface area contributed by atoms with Crippen LogP contribution in [0.1, 0.15) is 66.2 Å². The molecule has 2 aromatic carbocycles. The van der Waals surface area contributed by atoms with E-state index in [0.717, 1.165) is 97.8 Å². The van der Waals surface area contributed by atoms with Gasteiger partial charge in [0.15, 0.2) is 17.2 Å². The minimum atomic E-state index is -0.698. The van der Waals surface area contributed by atoms with Gasteiger partial charge in [0, 0.05) is 75.4 Å². The quantitative estimate of drug-likeness (QED) is 0.178. The number of carbonyl (C=O) groups excluding carboxylic acids is 3. The van der Waals surface area contributed by atoms with Crippen molar-refractivity contribution in [3.63, 3.8) is 0 Å². The normalized spacial score (nSPS) is 18.6. The van der Waals surface area contributed by atoms with Gasteiger partial charge in [-0.25, -0.2) is 14.3 Å². The number of piperidine rings is 2. The van der Waals surface area contributed by atoms with Crippen molar-refractivity contribution in [2.24, 2.45) is 13.0 Å². The molecule has 3 aliphatic heterocycles. The third-order valence-electron chi connectivity index (χ3n) is 12.4. The Labute approximate surface area is 334 Å². The number of fused-ring (bicyclic) bond motifs is 3. The Morgan fingerprint density at radius 1 is 0.914 bits per heavy atom. The van der Waals surface area contributed by atoms with Gasteiger partial charge in [0.1, 0.15) is 6.04 Å². The van der Waals surface area contributed by atoms with Crippen molar-refractivity contribution in [3.8, 4) is 11.3 Å². The summed E-state index contributed by atoms with van der Waals surface area (Å²) in [6, 6.07) is 18.3. The first-order valence-corrected chi connectivity index (χ1v) is 20.3. The summed E-state index contributed by atoms with van der Waals surface area (Å²) in [4.78, 5) is 64.7. The van der Waals surface area contributed by atoms with Crippen LogP contribution in [0.3, 0.4) is 0 Å². The zero-order valence-electron chi connectivity index (χ0n) is 32.6. The van der Waals surface area contributed by atoms with E-state index in [1.807, 2.05) is 37.5 Å². The third kappa shape index (κ3) is 6.25. The second kappa shape index (κ2) is 14.1. The van der Waals surface area contributed by atoms with Crippen molar-refractivity contribution in [1.82, 2.24) is 39.3 Å². The summed E-state index contributed by atoms with van der Waals surface area (Å²) >= 11 is 0. The molecule has 4 aromatic heterocycles. The van der Waals surface area contributed by atoms with Gasteiger partial charge in [-0.2, -0.15) is 0 Å². The highest BCUT2D eigenvalue weighted by Gasteiger charge is 2.32. The minimum absolute atomic E-state index is 0.158. The molecule has 1 atom stereocenters. The molecule has 3 amide bonds. The predicted octanol–water partition coefficient (Wildman–Crippen LogP) is 4.51. The van der Waals surface area contributed by atoms with Gasteiger partial charge < -0.3 is 20.4 Å². The van der Waals surface area contributed by atoms with E-state index in [1.165, 1.54) is 15.7 Å². The fourth-order valence-electron chi connectivity index (χ4n) is 9.08. The van der Waals surface area contributed by atoms with Crippen LogP contribution in [-0.4, -0.2) is 79.2 Å². The molecule has 7 heterocycles. The second-order valence-corrected chi connectivity index (χ2v) is 16.0. The number of aryl methyl sites for hydroxylation is 1. The molecule has 6 aromatic rings. The molecule has 1 aliphatic carbocycles. The summed E-state index contributed by atoms with van der Waals surface area (Å²) in [5, 5.41) is 13.6. The monoisotopic (exact) mass is 779 g/mol. The van der Waals surface area contributed by atoms with Crippen LogP contribution in [0.25, 0.3) is 27.9 Å². The van der Waals surface area contributed by atoms with E-state index in [9.17, 15) is 19.2 Å². The maximum absolute atomic E-state index is 13.3. The van der Waals surface area contributed by atoms with Crippen LogP contribution in [0.15, 0.2) is 71.8 Å². The summed E-state index contributed by atoms with van der Waals surface area (Å²) in [5.74, 6) is 0.381. The van der Waals surface area contributed by atoms with Gasteiger partial charge in [0.25, 0.3) is 5.91 Å². The second-order valence-electron chi connectivity index (χ2n) is 16.0. The Kier molecular flexibility index (Phi) is 8.75. The smallest absolute Gasteiger partial charge is 0.329 e. The van der Waals surface area contributed by atoms with E-state index in [2.05, 4.69) is 61.1 Å². The lowest BCUT2D eigenvalue weighted by Gasteiger charge is -2.34. The number of hydrogen-bond donors (Lipinski definition) is 3. The van der Waals surface area contributed by atoms with Crippen LogP contribution < -0.4 is 31.4 Å². The fraction of sp³-hybridized carbons (Fsp3) is 0.372. The molecule has 0 radical (unpaired) electrons. The number of benzene rings is 2. The molecular weight excluding hydrogens is 735 g/mol. The number of nitrogens with zero attached hydrogens (tertiary/aromatic N) is 8. The van der Waals surface area contributed by atoms with Gasteiger partial charge in [0.05, 0.1) is 28.6 Å². The van der Waals surface area contributed by atoms with Crippen molar-refractivity contribution in [1.29, 1.82) is 0 Å². The lowest BCUT2D eigenvalue weighted by molar-refractivity contribution is -0.135. The Balaban J connectivity index is 0.840. The lowest BCUT2D eigenvalue weighted by atomic mass is 9.89. The van der Waals surface area contributed by atoms with Gasteiger partial charge in [-0.1, -0.05) is 12.1 Å². The molecular formula is C43H45N11O4. The Bertz CT molecular complexity index is 2700. The number of anilines is 4. The maximum atomic E-state index is 13.3.